The molecule has 2 heterocycles. The Morgan fingerprint density at radius 1 is 1.15 bits per heavy atom. The van der Waals surface area contributed by atoms with Crippen molar-refractivity contribution in [1.29, 1.82) is 0 Å². The van der Waals surface area contributed by atoms with E-state index in [1.807, 2.05) is 30.3 Å². The smallest absolute Gasteiger partial charge is 0.272 e. The molecule has 0 fully saturated rings. The first-order chi connectivity index (χ1) is 12.6. The van der Waals surface area contributed by atoms with Crippen molar-refractivity contribution >= 4 is 17.6 Å². The number of rotatable bonds is 7. The Kier molecular flexibility index (Phi) is 5.26. The van der Waals surface area contributed by atoms with Crippen molar-refractivity contribution in [2.45, 2.75) is 19.8 Å². The van der Waals surface area contributed by atoms with Crippen LogP contribution in [0, 0.1) is 6.92 Å². The third-order valence-electron chi connectivity index (χ3n) is 4.21. The zero-order valence-corrected chi connectivity index (χ0v) is 14.6. The number of carbonyl (C=O) groups excluding carboxylic acids is 2. The van der Waals surface area contributed by atoms with E-state index < -0.39 is 5.91 Å². The van der Waals surface area contributed by atoms with Crippen LogP contribution in [0.3, 0.4) is 0 Å². The van der Waals surface area contributed by atoms with Crippen LogP contribution < -0.4 is 5.73 Å². The molecule has 0 unspecified atom stereocenters. The lowest BCUT2D eigenvalue weighted by Gasteiger charge is -2.22. The summed E-state index contributed by atoms with van der Waals surface area (Å²) in [4.78, 5) is 34.6. The van der Waals surface area contributed by atoms with Gasteiger partial charge in [0.05, 0.1) is 5.69 Å². The molecule has 0 spiro atoms. The molecule has 1 aromatic carbocycles. The van der Waals surface area contributed by atoms with E-state index in [4.69, 9.17) is 5.73 Å². The Morgan fingerprint density at radius 2 is 1.92 bits per heavy atom. The lowest BCUT2D eigenvalue weighted by molar-refractivity contribution is -0.118. The van der Waals surface area contributed by atoms with Crippen LogP contribution in [-0.2, 0) is 11.2 Å². The van der Waals surface area contributed by atoms with E-state index in [2.05, 4.69) is 9.97 Å². The van der Waals surface area contributed by atoms with Crippen molar-refractivity contribution in [3.05, 3.63) is 65.7 Å². The molecule has 0 bridgehead atoms. The SMILES string of the molecule is Cc1nc2ncccn2c1C(=O)N(CCC(N)=O)CCc1ccccc1. The van der Waals surface area contributed by atoms with Crippen LogP contribution in [0.2, 0.25) is 0 Å². The number of hydrogen-bond acceptors (Lipinski definition) is 4. The van der Waals surface area contributed by atoms with Crippen LogP contribution in [-0.4, -0.2) is 44.2 Å². The number of nitrogens with two attached hydrogens (primary N) is 1. The molecule has 134 valence electrons. The Labute approximate surface area is 151 Å². The minimum Gasteiger partial charge on any atom is -0.370 e. The molecule has 3 rings (SSSR count). The maximum absolute atomic E-state index is 13.2. The normalized spacial score (nSPS) is 10.8. The van der Waals surface area contributed by atoms with Crippen LogP contribution in [0.5, 0.6) is 0 Å². The fourth-order valence-electron chi connectivity index (χ4n) is 2.87. The average molecular weight is 351 g/mol. The molecule has 26 heavy (non-hydrogen) atoms. The Morgan fingerprint density at radius 3 is 2.65 bits per heavy atom. The quantitative estimate of drug-likeness (QED) is 0.699. The molecule has 0 aliphatic carbocycles. The van der Waals surface area contributed by atoms with Crippen molar-refractivity contribution in [1.82, 2.24) is 19.3 Å². The maximum atomic E-state index is 13.2. The number of primary amides is 1. The van der Waals surface area contributed by atoms with Gasteiger partial charge in [0.1, 0.15) is 5.69 Å². The molecule has 0 atom stereocenters. The van der Waals surface area contributed by atoms with E-state index in [1.165, 1.54) is 0 Å². The summed E-state index contributed by atoms with van der Waals surface area (Å²) < 4.78 is 1.68. The van der Waals surface area contributed by atoms with Crippen molar-refractivity contribution in [2.24, 2.45) is 5.73 Å². The Balaban J connectivity index is 1.85. The monoisotopic (exact) mass is 351 g/mol. The summed E-state index contributed by atoms with van der Waals surface area (Å²) in [5.41, 5.74) is 7.48. The van der Waals surface area contributed by atoms with Gasteiger partial charge in [-0.1, -0.05) is 30.3 Å². The molecule has 0 aliphatic heterocycles. The highest BCUT2D eigenvalue weighted by molar-refractivity contribution is 5.94. The second kappa shape index (κ2) is 7.77. The summed E-state index contributed by atoms with van der Waals surface area (Å²) in [6.45, 7) is 2.54. The third kappa shape index (κ3) is 3.88. The number of hydrogen-bond donors (Lipinski definition) is 1. The predicted molar refractivity (Wildman–Crippen MR) is 97.6 cm³/mol. The van der Waals surface area contributed by atoms with Crippen LogP contribution in [0.1, 0.15) is 28.2 Å². The van der Waals surface area contributed by atoms with Gasteiger partial charge in [-0.25, -0.2) is 9.97 Å². The van der Waals surface area contributed by atoms with Crippen LogP contribution >= 0.6 is 0 Å². The fraction of sp³-hybridized carbons (Fsp3) is 0.263. The zero-order valence-electron chi connectivity index (χ0n) is 14.6. The first kappa shape index (κ1) is 17.6. The zero-order chi connectivity index (χ0) is 18.5. The maximum Gasteiger partial charge on any atom is 0.272 e. The second-order valence-electron chi connectivity index (χ2n) is 6.08. The van der Waals surface area contributed by atoms with Crippen LogP contribution in [0.25, 0.3) is 5.78 Å². The number of carbonyl (C=O) groups is 2. The number of fused-ring (bicyclic) bond motifs is 1. The third-order valence-corrected chi connectivity index (χ3v) is 4.21. The van der Waals surface area contributed by atoms with Gasteiger partial charge < -0.3 is 10.6 Å². The number of benzene rings is 1. The molecule has 0 saturated heterocycles. The van der Waals surface area contributed by atoms with Crippen molar-refractivity contribution < 1.29 is 9.59 Å². The number of amides is 2. The van der Waals surface area contributed by atoms with E-state index in [1.54, 1.807) is 34.7 Å². The summed E-state index contributed by atoms with van der Waals surface area (Å²) in [7, 11) is 0. The number of imidazole rings is 1. The molecule has 2 N–H and O–H groups in total. The summed E-state index contributed by atoms with van der Waals surface area (Å²) in [6.07, 6.45) is 4.21. The highest BCUT2D eigenvalue weighted by atomic mass is 16.2. The van der Waals surface area contributed by atoms with Crippen molar-refractivity contribution in [3.8, 4) is 0 Å². The molecule has 2 aromatic heterocycles. The number of nitrogens with zero attached hydrogens (tertiary/aromatic N) is 4. The lowest BCUT2D eigenvalue weighted by Crippen LogP contribution is -2.36. The average Bonchev–Trinajstić information content (AvgIpc) is 2.97. The molecule has 0 saturated carbocycles. The number of aryl methyl sites for hydroxylation is 1. The van der Waals surface area contributed by atoms with Gasteiger partial charge in [-0.05, 0) is 25.0 Å². The highest BCUT2D eigenvalue weighted by Gasteiger charge is 2.23. The predicted octanol–water partition coefficient (Wildman–Crippen LogP) is 1.60. The van der Waals surface area contributed by atoms with E-state index in [0.717, 1.165) is 5.56 Å². The van der Waals surface area contributed by atoms with Gasteiger partial charge in [-0.2, -0.15) is 0 Å². The minimum atomic E-state index is -0.431. The molecule has 7 heteroatoms. The van der Waals surface area contributed by atoms with Crippen LogP contribution in [0.15, 0.2) is 48.8 Å². The van der Waals surface area contributed by atoms with E-state index >= 15 is 0 Å². The van der Waals surface area contributed by atoms with Gasteiger partial charge in [0.2, 0.25) is 11.7 Å². The van der Waals surface area contributed by atoms with Gasteiger partial charge in [0, 0.05) is 31.9 Å². The first-order valence-electron chi connectivity index (χ1n) is 8.47. The molecule has 0 aliphatic rings. The molecule has 7 nitrogen and oxygen atoms in total. The standard InChI is InChI=1S/C19H21N5O2/c1-14-17(24-11-5-10-21-19(24)22-14)18(26)23(13-9-16(20)25)12-8-15-6-3-2-4-7-15/h2-7,10-11H,8-9,12-13H2,1H3,(H2,20,25). The van der Waals surface area contributed by atoms with Gasteiger partial charge in [-0.3, -0.25) is 14.0 Å². The molecular formula is C19H21N5O2. The summed E-state index contributed by atoms with van der Waals surface area (Å²) in [5.74, 6) is -0.134. The van der Waals surface area contributed by atoms with Gasteiger partial charge in [0.15, 0.2) is 0 Å². The Bertz CT molecular complexity index is 920. The number of aromatic nitrogens is 3. The highest BCUT2D eigenvalue weighted by Crippen LogP contribution is 2.14. The van der Waals surface area contributed by atoms with Gasteiger partial charge >= 0.3 is 0 Å². The summed E-state index contributed by atoms with van der Waals surface area (Å²) in [5, 5.41) is 0. The van der Waals surface area contributed by atoms with Crippen LogP contribution in [0.4, 0.5) is 0 Å². The van der Waals surface area contributed by atoms with Crippen molar-refractivity contribution in [3.63, 3.8) is 0 Å². The summed E-state index contributed by atoms with van der Waals surface area (Å²) in [6, 6.07) is 11.7. The van der Waals surface area contributed by atoms with Gasteiger partial charge in [-0.15, -0.1) is 0 Å². The molecule has 3 aromatic rings. The van der Waals surface area contributed by atoms with E-state index in [9.17, 15) is 9.59 Å². The largest absolute Gasteiger partial charge is 0.370 e. The molecule has 0 radical (unpaired) electrons. The first-order valence-corrected chi connectivity index (χ1v) is 8.47. The summed E-state index contributed by atoms with van der Waals surface area (Å²) >= 11 is 0. The van der Waals surface area contributed by atoms with Gasteiger partial charge in [0.25, 0.3) is 5.91 Å². The molecular weight excluding hydrogens is 330 g/mol. The fourth-order valence-corrected chi connectivity index (χ4v) is 2.87. The van der Waals surface area contributed by atoms with E-state index in [0.29, 0.717) is 30.1 Å². The molecule has 2 amide bonds. The minimum absolute atomic E-state index is 0.120. The second-order valence-corrected chi connectivity index (χ2v) is 6.08. The van der Waals surface area contributed by atoms with E-state index in [-0.39, 0.29) is 18.9 Å². The topological polar surface area (TPSA) is 93.6 Å². The Hall–Kier alpha value is -3.22. The van der Waals surface area contributed by atoms with Crippen molar-refractivity contribution in [2.75, 3.05) is 13.1 Å². The lowest BCUT2D eigenvalue weighted by atomic mass is 10.1.